The zero-order valence-electron chi connectivity index (χ0n) is 19.1. The van der Waals surface area contributed by atoms with Gasteiger partial charge in [0.2, 0.25) is 0 Å². The van der Waals surface area contributed by atoms with Crippen molar-refractivity contribution in [2.24, 2.45) is 7.05 Å². The fourth-order valence-electron chi connectivity index (χ4n) is 3.50. The van der Waals surface area contributed by atoms with E-state index in [0.717, 1.165) is 6.07 Å². The van der Waals surface area contributed by atoms with E-state index < -0.39 is 17.8 Å². The molecule has 4 rings (SSSR count). The van der Waals surface area contributed by atoms with Crippen LogP contribution in [0.15, 0.2) is 65.7 Å². The molecule has 0 spiro atoms. The molecule has 2 N–H and O–H groups in total. The molecule has 0 saturated carbocycles. The fraction of sp³-hybridized carbons (Fsp3) is 0.160. The number of alkyl halides is 3. The average Bonchev–Trinajstić information content (AvgIpc) is 2.82. The second-order valence-corrected chi connectivity index (χ2v) is 8.45. The third kappa shape index (κ3) is 5.60. The third-order valence-electron chi connectivity index (χ3n) is 5.39. The lowest BCUT2D eigenvalue weighted by atomic mass is 10.1. The maximum atomic E-state index is 13.1. The molecule has 0 bridgehead atoms. The molecular weight excluding hydrogens is 497 g/mol. The number of hydrogen-bond acceptors (Lipinski definition) is 4. The normalized spacial score (nSPS) is 11.4. The van der Waals surface area contributed by atoms with E-state index in [1.54, 1.807) is 43.4 Å². The van der Waals surface area contributed by atoms with E-state index in [4.69, 9.17) is 16.3 Å². The Balaban J connectivity index is 1.45. The summed E-state index contributed by atoms with van der Waals surface area (Å²) in [6.07, 6.45) is -3.09. The largest absolute Gasteiger partial charge is 0.489 e. The number of rotatable bonds is 5. The second-order valence-electron chi connectivity index (χ2n) is 8.04. The lowest BCUT2D eigenvalue weighted by Crippen LogP contribution is -2.20. The van der Waals surface area contributed by atoms with Crippen molar-refractivity contribution in [3.63, 3.8) is 0 Å². The molecule has 1 heterocycles. The number of benzene rings is 3. The second kappa shape index (κ2) is 9.90. The van der Waals surface area contributed by atoms with Crippen molar-refractivity contribution >= 4 is 39.9 Å². The Kier molecular flexibility index (Phi) is 6.89. The smallest absolute Gasteiger partial charge is 0.416 e. The van der Waals surface area contributed by atoms with Crippen molar-refractivity contribution < 1.29 is 22.7 Å². The maximum absolute atomic E-state index is 13.1. The quantitative estimate of drug-likeness (QED) is 0.334. The van der Waals surface area contributed by atoms with E-state index in [0.29, 0.717) is 32.9 Å². The Morgan fingerprint density at radius 3 is 2.47 bits per heavy atom. The molecule has 0 radical (unpaired) electrons. The van der Waals surface area contributed by atoms with Crippen LogP contribution in [0.2, 0.25) is 5.02 Å². The van der Waals surface area contributed by atoms with Gasteiger partial charge in [-0.05, 0) is 61.0 Å². The van der Waals surface area contributed by atoms with Crippen LogP contribution in [0.4, 0.5) is 29.3 Å². The molecule has 186 valence electrons. The number of anilines is 2. The summed E-state index contributed by atoms with van der Waals surface area (Å²) in [6, 6.07) is 12.5. The Labute approximate surface area is 208 Å². The summed E-state index contributed by atoms with van der Waals surface area (Å²) in [7, 11) is 1.60. The predicted octanol–water partition coefficient (Wildman–Crippen LogP) is 6.14. The van der Waals surface area contributed by atoms with E-state index in [1.807, 2.05) is 0 Å². The minimum absolute atomic E-state index is 0.000110. The summed E-state index contributed by atoms with van der Waals surface area (Å²) < 4.78 is 46.6. The molecule has 0 atom stereocenters. The van der Waals surface area contributed by atoms with E-state index in [9.17, 15) is 22.8 Å². The van der Waals surface area contributed by atoms with E-state index in [2.05, 4.69) is 15.6 Å². The number of carbonyl (C=O) groups excluding carboxylic acids is 1. The van der Waals surface area contributed by atoms with Gasteiger partial charge in [0.1, 0.15) is 12.4 Å². The minimum atomic E-state index is -4.53. The van der Waals surface area contributed by atoms with Gasteiger partial charge in [0.05, 0.1) is 22.8 Å². The summed E-state index contributed by atoms with van der Waals surface area (Å²) in [5.41, 5.74) is 0.458. The van der Waals surface area contributed by atoms with Crippen LogP contribution in [0.3, 0.4) is 0 Å². The summed E-state index contributed by atoms with van der Waals surface area (Å²) >= 11 is 6.27. The SMILES string of the molecule is Cc1ccc(NC(=O)Nc2ccc(Cl)c(COc3ccc4ncn(C)c(=O)c4c3)c2)cc1C(F)(F)F. The molecule has 0 saturated heterocycles. The van der Waals surface area contributed by atoms with Crippen molar-refractivity contribution in [2.75, 3.05) is 10.6 Å². The summed E-state index contributed by atoms with van der Waals surface area (Å²) in [5, 5.41) is 5.75. The van der Waals surface area contributed by atoms with Crippen molar-refractivity contribution in [1.29, 1.82) is 0 Å². The van der Waals surface area contributed by atoms with Crippen LogP contribution in [0.1, 0.15) is 16.7 Å². The molecule has 36 heavy (non-hydrogen) atoms. The van der Waals surface area contributed by atoms with Crippen LogP contribution in [0.5, 0.6) is 5.75 Å². The lowest BCUT2D eigenvalue weighted by molar-refractivity contribution is -0.138. The van der Waals surface area contributed by atoms with Crippen molar-refractivity contribution in [3.05, 3.63) is 93.0 Å². The van der Waals surface area contributed by atoms with Crippen LogP contribution in [-0.4, -0.2) is 15.6 Å². The number of hydrogen-bond donors (Lipinski definition) is 2. The topological polar surface area (TPSA) is 85.2 Å². The van der Waals surface area contributed by atoms with Crippen molar-refractivity contribution in [3.8, 4) is 5.75 Å². The Bertz CT molecular complexity index is 1520. The Morgan fingerprint density at radius 2 is 1.75 bits per heavy atom. The van der Waals surface area contributed by atoms with Gasteiger partial charge in [-0.25, -0.2) is 9.78 Å². The maximum Gasteiger partial charge on any atom is 0.416 e. The molecule has 0 aliphatic rings. The van der Waals surface area contributed by atoms with Gasteiger partial charge < -0.3 is 19.9 Å². The van der Waals surface area contributed by atoms with Crippen LogP contribution >= 0.6 is 11.6 Å². The van der Waals surface area contributed by atoms with Gasteiger partial charge in [-0.1, -0.05) is 17.7 Å². The molecule has 0 aliphatic heterocycles. The first kappa shape index (κ1) is 25.1. The highest BCUT2D eigenvalue weighted by molar-refractivity contribution is 6.31. The van der Waals surface area contributed by atoms with E-state index in [-0.39, 0.29) is 23.4 Å². The zero-order valence-corrected chi connectivity index (χ0v) is 19.9. The molecular formula is C25H20ClF3N4O3. The fourth-order valence-corrected chi connectivity index (χ4v) is 3.67. The first-order valence-electron chi connectivity index (χ1n) is 10.6. The zero-order chi connectivity index (χ0) is 26.0. The Morgan fingerprint density at radius 1 is 1.06 bits per heavy atom. The number of aryl methyl sites for hydroxylation is 2. The van der Waals surface area contributed by atoms with Crippen LogP contribution in [-0.2, 0) is 19.8 Å². The lowest BCUT2D eigenvalue weighted by Gasteiger charge is -2.14. The number of fused-ring (bicyclic) bond motifs is 1. The van der Waals surface area contributed by atoms with Gasteiger partial charge >= 0.3 is 12.2 Å². The van der Waals surface area contributed by atoms with Gasteiger partial charge in [0.15, 0.2) is 0 Å². The molecule has 7 nitrogen and oxygen atoms in total. The van der Waals surface area contributed by atoms with Gasteiger partial charge in [-0.2, -0.15) is 13.2 Å². The van der Waals surface area contributed by atoms with E-state index >= 15 is 0 Å². The summed E-state index contributed by atoms with van der Waals surface area (Å²) in [4.78, 5) is 28.9. The number of nitrogens with one attached hydrogen (secondary N) is 2. The standard InChI is InChI=1S/C25H20ClF3N4O3/c1-14-3-4-17(10-20(14)25(27,28)29)32-24(35)31-16-5-7-21(26)15(9-16)12-36-18-6-8-22-19(11-18)23(34)33(2)13-30-22/h3-11,13H,12H2,1-2H3,(H2,31,32,35). The van der Waals surface area contributed by atoms with Gasteiger partial charge in [-0.15, -0.1) is 0 Å². The number of halogens is 4. The number of amides is 2. The minimum Gasteiger partial charge on any atom is -0.489 e. The molecule has 11 heteroatoms. The molecule has 0 unspecified atom stereocenters. The van der Waals surface area contributed by atoms with Gasteiger partial charge in [0, 0.05) is 29.0 Å². The van der Waals surface area contributed by atoms with Gasteiger partial charge in [0.25, 0.3) is 5.56 Å². The average molecular weight is 517 g/mol. The number of carbonyl (C=O) groups is 1. The monoisotopic (exact) mass is 516 g/mol. The van der Waals surface area contributed by atoms with Crippen molar-refractivity contribution in [2.45, 2.75) is 19.7 Å². The molecule has 3 aromatic carbocycles. The van der Waals surface area contributed by atoms with Crippen LogP contribution < -0.4 is 20.9 Å². The number of urea groups is 1. The summed E-state index contributed by atoms with van der Waals surface area (Å²) in [6.45, 7) is 1.38. The first-order chi connectivity index (χ1) is 17.0. The first-order valence-corrected chi connectivity index (χ1v) is 11.0. The highest BCUT2D eigenvalue weighted by Gasteiger charge is 2.32. The molecule has 0 aliphatic carbocycles. The van der Waals surface area contributed by atoms with Crippen LogP contribution in [0.25, 0.3) is 10.9 Å². The molecule has 0 fully saturated rings. The summed E-state index contributed by atoms with van der Waals surface area (Å²) in [5.74, 6) is 0.430. The molecule has 2 amide bonds. The van der Waals surface area contributed by atoms with E-state index in [1.165, 1.54) is 30.0 Å². The highest BCUT2D eigenvalue weighted by atomic mass is 35.5. The third-order valence-corrected chi connectivity index (χ3v) is 5.76. The molecule has 4 aromatic rings. The number of aromatic nitrogens is 2. The number of nitrogens with zero attached hydrogens (tertiary/aromatic N) is 2. The highest BCUT2D eigenvalue weighted by Crippen LogP contribution is 2.33. The van der Waals surface area contributed by atoms with Crippen LogP contribution in [0, 0.1) is 6.92 Å². The molecule has 1 aromatic heterocycles. The van der Waals surface area contributed by atoms with Gasteiger partial charge in [-0.3, -0.25) is 4.79 Å². The van der Waals surface area contributed by atoms with Crippen molar-refractivity contribution in [1.82, 2.24) is 9.55 Å². The predicted molar refractivity (Wildman–Crippen MR) is 132 cm³/mol. The Hall–Kier alpha value is -4.05. The number of ether oxygens (including phenoxy) is 1.